The highest BCUT2D eigenvalue weighted by Gasteiger charge is 2.31. The molecule has 1 atom stereocenters. The van der Waals surface area contributed by atoms with E-state index in [1.807, 2.05) is 24.3 Å². The van der Waals surface area contributed by atoms with Gasteiger partial charge in [0.05, 0.1) is 11.9 Å². The Balaban J connectivity index is 2.15. The molecular weight excluding hydrogens is 405 g/mol. The fraction of sp³-hybridized carbons (Fsp3) is 0.409. The van der Waals surface area contributed by atoms with Crippen molar-refractivity contribution in [3.8, 4) is 0 Å². The highest BCUT2D eigenvalue weighted by molar-refractivity contribution is 7.92. The van der Waals surface area contributed by atoms with Gasteiger partial charge in [-0.05, 0) is 62.2 Å². The summed E-state index contributed by atoms with van der Waals surface area (Å²) in [5.74, 6) is -0.877. The lowest BCUT2D eigenvalue weighted by molar-refractivity contribution is -0.122. The molecule has 0 fully saturated rings. The molecule has 0 aliphatic rings. The molecule has 1 N–H and O–H groups in total. The van der Waals surface area contributed by atoms with Gasteiger partial charge in [0, 0.05) is 25.3 Å². The zero-order chi connectivity index (χ0) is 22.3. The molecule has 8 heteroatoms. The van der Waals surface area contributed by atoms with Crippen LogP contribution in [0.4, 0.5) is 15.8 Å². The molecule has 0 bridgehead atoms. The summed E-state index contributed by atoms with van der Waals surface area (Å²) in [7, 11) is -3.75. The third-order valence-corrected chi connectivity index (χ3v) is 6.12. The first kappa shape index (κ1) is 23.7. The van der Waals surface area contributed by atoms with Crippen LogP contribution in [-0.4, -0.2) is 39.7 Å². The predicted octanol–water partition coefficient (Wildman–Crippen LogP) is 3.53. The fourth-order valence-corrected chi connectivity index (χ4v) is 4.58. The summed E-state index contributed by atoms with van der Waals surface area (Å²) in [6, 6.07) is 12.1. The van der Waals surface area contributed by atoms with Crippen molar-refractivity contribution < 1.29 is 17.6 Å². The number of nitrogens with one attached hydrogen (secondary N) is 1. The molecule has 2 aromatic carbocycles. The number of sulfonamides is 1. The molecule has 0 aliphatic heterocycles. The Morgan fingerprint density at radius 3 is 1.97 bits per heavy atom. The molecular formula is C22H30FN3O3S. The monoisotopic (exact) mass is 435 g/mol. The van der Waals surface area contributed by atoms with E-state index in [-0.39, 0.29) is 18.7 Å². The van der Waals surface area contributed by atoms with Gasteiger partial charge in [-0.2, -0.15) is 0 Å². The predicted molar refractivity (Wildman–Crippen MR) is 120 cm³/mol. The molecule has 0 saturated carbocycles. The lowest BCUT2D eigenvalue weighted by atomic mass is 10.1. The summed E-state index contributed by atoms with van der Waals surface area (Å²) >= 11 is 0. The summed E-state index contributed by atoms with van der Waals surface area (Å²) in [6.45, 7) is 8.04. The van der Waals surface area contributed by atoms with E-state index in [1.54, 1.807) is 6.92 Å². The number of hydrogen-bond donors (Lipinski definition) is 1. The van der Waals surface area contributed by atoms with Gasteiger partial charge in [0.15, 0.2) is 0 Å². The van der Waals surface area contributed by atoms with Gasteiger partial charge in [-0.15, -0.1) is 0 Å². The second-order valence-corrected chi connectivity index (χ2v) is 8.88. The number of anilines is 2. The summed E-state index contributed by atoms with van der Waals surface area (Å²) in [4.78, 5) is 15.1. The number of amides is 1. The van der Waals surface area contributed by atoms with Crippen LogP contribution >= 0.6 is 0 Å². The van der Waals surface area contributed by atoms with E-state index < -0.39 is 27.8 Å². The lowest BCUT2D eigenvalue weighted by Gasteiger charge is -2.30. The van der Waals surface area contributed by atoms with Crippen molar-refractivity contribution in [2.45, 2.75) is 39.8 Å². The summed E-state index contributed by atoms with van der Waals surface area (Å²) in [5, 5.41) is 2.83. The van der Waals surface area contributed by atoms with E-state index in [4.69, 9.17) is 0 Å². The first-order valence-electron chi connectivity index (χ1n) is 10.1. The van der Waals surface area contributed by atoms with E-state index in [0.717, 1.165) is 34.9 Å². The van der Waals surface area contributed by atoms with E-state index in [1.165, 1.54) is 24.3 Å². The van der Waals surface area contributed by atoms with E-state index in [0.29, 0.717) is 0 Å². The Labute approximate surface area is 178 Å². The van der Waals surface area contributed by atoms with Crippen molar-refractivity contribution in [3.05, 3.63) is 59.9 Å². The molecule has 1 amide bonds. The van der Waals surface area contributed by atoms with Crippen LogP contribution < -0.4 is 14.5 Å². The third-order valence-electron chi connectivity index (χ3n) is 4.94. The van der Waals surface area contributed by atoms with Crippen LogP contribution in [-0.2, 0) is 21.4 Å². The van der Waals surface area contributed by atoms with Crippen molar-refractivity contribution in [3.63, 3.8) is 0 Å². The first-order chi connectivity index (χ1) is 14.2. The number of rotatable bonds is 10. The van der Waals surface area contributed by atoms with Gasteiger partial charge >= 0.3 is 0 Å². The molecule has 1 unspecified atom stereocenters. The average Bonchev–Trinajstić information content (AvgIpc) is 2.72. The second kappa shape index (κ2) is 10.4. The maximum atomic E-state index is 13.3. The number of halogens is 1. The van der Waals surface area contributed by atoms with Crippen LogP contribution in [0.2, 0.25) is 0 Å². The van der Waals surface area contributed by atoms with Crippen molar-refractivity contribution >= 4 is 27.3 Å². The Kier molecular flexibility index (Phi) is 8.23. The molecule has 30 heavy (non-hydrogen) atoms. The molecule has 2 aromatic rings. The van der Waals surface area contributed by atoms with Gasteiger partial charge in [0.25, 0.3) is 0 Å². The van der Waals surface area contributed by atoms with Crippen molar-refractivity contribution in [2.75, 3.05) is 28.6 Å². The van der Waals surface area contributed by atoms with Gasteiger partial charge in [-0.1, -0.05) is 19.1 Å². The van der Waals surface area contributed by atoms with Crippen molar-refractivity contribution in [1.29, 1.82) is 0 Å². The van der Waals surface area contributed by atoms with Crippen LogP contribution in [0.3, 0.4) is 0 Å². The largest absolute Gasteiger partial charge is 0.372 e. The summed E-state index contributed by atoms with van der Waals surface area (Å²) in [5.41, 5.74) is 2.28. The van der Waals surface area contributed by atoms with Gasteiger partial charge in [-0.25, -0.2) is 12.8 Å². The molecule has 0 aromatic heterocycles. The first-order valence-corrected chi connectivity index (χ1v) is 11.9. The van der Waals surface area contributed by atoms with Crippen molar-refractivity contribution in [2.24, 2.45) is 0 Å². The Morgan fingerprint density at radius 2 is 1.50 bits per heavy atom. The van der Waals surface area contributed by atoms with Crippen LogP contribution in [0.1, 0.15) is 32.8 Å². The minimum absolute atomic E-state index is 0.254. The minimum atomic E-state index is -3.75. The molecule has 164 valence electrons. The number of carbonyl (C=O) groups is 1. The average molecular weight is 436 g/mol. The van der Waals surface area contributed by atoms with Crippen LogP contribution in [0, 0.1) is 5.82 Å². The molecule has 0 radical (unpaired) electrons. The van der Waals surface area contributed by atoms with Gasteiger partial charge < -0.3 is 10.2 Å². The molecule has 0 saturated heterocycles. The second-order valence-electron chi connectivity index (χ2n) is 7.02. The zero-order valence-electron chi connectivity index (χ0n) is 17.9. The molecule has 0 heterocycles. The maximum Gasteiger partial charge on any atom is 0.244 e. The summed E-state index contributed by atoms with van der Waals surface area (Å²) < 4.78 is 39.1. The third kappa shape index (κ3) is 5.95. The number of nitrogens with zero attached hydrogens (tertiary/aromatic N) is 2. The topological polar surface area (TPSA) is 69.7 Å². The molecule has 0 aliphatic carbocycles. The normalized spacial score (nSPS) is 12.3. The Bertz CT molecular complexity index is 927. The molecule has 6 nitrogen and oxygen atoms in total. The minimum Gasteiger partial charge on any atom is -0.372 e. The van der Waals surface area contributed by atoms with Crippen LogP contribution in [0.25, 0.3) is 0 Å². The molecule has 2 rings (SSSR count). The van der Waals surface area contributed by atoms with E-state index in [9.17, 15) is 17.6 Å². The zero-order valence-corrected chi connectivity index (χ0v) is 18.7. The lowest BCUT2D eigenvalue weighted by Crippen LogP contribution is -2.49. The molecule has 0 spiro atoms. The fourth-order valence-electron chi connectivity index (χ4n) is 3.37. The number of hydrogen-bond acceptors (Lipinski definition) is 4. The summed E-state index contributed by atoms with van der Waals surface area (Å²) in [6.07, 6.45) is 1.31. The Hall–Kier alpha value is -2.61. The van der Waals surface area contributed by atoms with E-state index >= 15 is 0 Å². The quantitative estimate of drug-likeness (QED) is 0.620. The smallest absolute Gasteiger partial charge is 0.244 e. The number of benzene rings is 2. The van der Waals surface area contributed by atoms with Gasteiger partial charge in [-0.3, -0.25) is 9.10 Å². The maximum absolute atomic E-state index is 13.3. The Morgan fingerprint density at radius 1 is 0.967 bits per heavy atom. The van der Waals surface area contributed by atoms with Gasteiger partial charge in [0.2, 0.25) is 15.9 Å². The van der Waals surface area contributed by atoms with Crippen molar-refractivity contribution in [1.82, 2.24) is 5.32 Å². The highest BCUT2D eigenvalue weighted by atomic mass is 32.2. The van der Waals surface area contributed by atoms with Crippen LogP contribution in [0.5, 0.6) is 0 Å². The van der Waals surface area contributed by atoms with Gasteiger partial charge in [0.1, 0.15) is 11.9 Å². The van der Waals surface area contributed by atoms with Crippen LogP contribution in [0.15, 0.2) is 48.5 Å². The highest BCUT2D eigenvalue weighted by Crippen LogP contribution is 2.23. The van der Waals surface area contributed by atoms with E-state index in [2.05, 4.69) is 24.1 Å². The standard InChI is InChI=1S/C22H30FN3O3S/c1-5-21(26(30(4,28)29)20-14-10-18(23)11-15-20)22(27)24-16-17-8-12-19(13-9-17)25(6-2)7-3/h8-15,21H,5-7,16H2,1-4H3,(H,24,27). The number of carbonyl (C=O) groups excluding carboxylic acids is 1. The SMILES string of the molecule is CCC(C(=O)NCc1ccc(N(CC)CC)cc1)N(c1ccc(F)cc1)S(C)(=O)=O.